The van der Waals surface area contributed by atoms with E-state index in [1.54, 1.807) is 0 Å². The second kappa shape index (κ2) is 31.2. The van der Waals surface area contributed by atoms with E-state index in [0.29, 0.717) is 35.0 Å². The van der Waals surface area contributed by atoms with Crippen LogP contribution in [0.25, 0.3) is 0 Å². The maximum atomic E-state index is 15.6. The molecule has 0 bridgehead atoms. The van der Waals surface area contributed by atoms with E-state index in [4.69, 9.17) is 13.6 Å². The molecule has 3 unspecified atom stereocenters. The molecular formula is C54H87O4P. The van der Waals surface area contributed by atoms with Crippen LogP contribution in [0.5, 0.6) is 17.2 Å². The van der Waals surface area contributed by atoms with E-state index in [2.05, 4.69) is 77.9 Å². The fourth-order valence-electron chi connectivity index (χ4n) is 8.74. The van der Waals surface area contributed by atoms with Crippen molar-refractivity contribution < 1.29 is 18.1 Å². The van der Waals surface area contributed by atoms with Gasteiger partial charge in [-0.25, -0.2) is 0 Å². The van der Waals surface area contributed by atoms with Crippen molar-refractivity contribution in [3.05, 3.63) is 89.5 Å². The Balaban J connectivity index is 2.02. The van der Waals surface area contributed by atoms with E-state index in [1.165, 1.54) is 154 Å². The molecule has 0 aromatic heterocycles. The number of phosphoric ester groups is 1. The first-order valence-electron chi connectivity index (χ1n) is 24.8. The number of benzene rings is 3. The lowest BCUT2D eigenvalue weighted by atomic mass is 9.89. The van der Waals surface area contributed by atoms with Gasteiger partial charge in [-0.05, 0) is 71.9 Å². The van der Waals surface area contributed by atoms with Gasteiger partial charge in [-0.15, -0.1) is 0 Å². The van der Waals surface area contributed by atoms with Crippen LogP contribution in [-0.2, 0) is 23.8 Å². The van der Waals surface area contributed by atoms with Crippen molar-refractivity contribution in [2.24, 2.45) is 17.8 Å². The molecule has 0 heterocycles. The maximum Gasteiger partial charge on any atom is 0.647 e. The summed E-state index contributed by atoms with van der Waals surface area (Å²) in [4.78, 5) is 0. The van der Waals surface area contributed by atoms with Gasteiger partial charge < -0.3 is 13.6 Å². The maximum absolute atomic E-state index is 15.6. The lowest BCUT2D eigenvalue weighted by Gasteiger charge is -2.25. The van der Waals surface area contributed by atoms with Gasteiger partial charge in [0.2, 0.25) is 0 Å². The van der Waals surface area contributed by atoms with Crippen LogP contribution in [0.4, 0.5) is 0 Å². The third-order valence-electron chi connectivity index (χ3n) is 12.4. The highest BCUT2D eigenvalue weighted by Gasteiger charge is 2.36. The van der Waals surface area contributed by atoms with Crippen molar-refractivity contribution in [2.45, 2.75) is 215 Å². The zero-order valence-corrected chi connectivity index (χ0v) is 39.7. The molecule has 0 radical (unpaired) electrons. The largest absolute Gasteiger partial charge is 0.647 e. The summed E-state index contributed by atoms with van der Waals surface area (Å²) in [7, 11) is -4.25. The van der Waals surface area contributed by atoms with Crippen LogP contribution in [-0.4, -0.2) is 0 Å². The molecule has 3 aromatic rings. The molecule has 59 heavy (non-hydrogen) atoms. The number of unbranched alkanes of at least 4 members (excludes halogenated alkanes) is 12. The topological polar surface area (TPSA) is 44.8 Å². The fourth-order valence-corrected chi connectivity index (χ4v) is 10.1. The van der Waals surface area contributed by atoms with Crippen molar-refractivity contribution >= 4 is 7.82 Å². The molecule has 0 aliphatic rings. The van der Waals surface area contributed by atoms with Crippen LogP contribution >= 0.6 is 7.82 Å². The molecule has 0 amide bonds. The van der Waals surface area contributed by atoms with Crippen LogP contribution in [0.2, 0.25) is 0 Å². The van der Waals surface area contributed by atoms with E-state index in [0.717, 1.165) is 36.0 Å². The highest BCUT2D eigenvalue weighted by molar-refractivity contribution is 7.49. The Morgan fingerprint density at radius 1 is 0.356 bits per heavy atom. The van der Waals surface area contributed by atoms with Crippen molar-refractivity contribution in [2.75, 3.05) is 0 Å². The minimum absolute atomic E-state index is 0.550. The Bertz CT molecular complexity index is 1360. The molecule has 0 aliphatic carbocycles. The van der Waals surface area contributed by atoms with Gasteiger partial charge in [0, 0.05) is 0 Å². The Morgan fingerprint density at radius 2 is 0.610 bits per heavy atom. The van der Waals surface area contributed by atoms with Gasteiger partial charge in [0.1, 0.15) is 17.2 Å². The summed E-state index contributed by atoms with van der Waals surface area (Å²) in [6.07, 6.45) is 32.3. The van der Waals surface area contributed by atoms with Crippen LogP contribution in [0, 0.1) is 17.8 Å². The van der Waals surface area contributed by atoms with Crippen molar-refractivity contribution in [3.8, 4) is 17.2 Å². The second-order valence-corrected chi connectivity index (χ2v) is 19.2. The van der Waals surface area contributed by atoms with Crippen LogP contribution < -0.4 is 13.6 Å². The molecule has 0 saturated heterocycles. The predicted octanol–water partition coefficient (Wildman–Crippen LogP) is 18.3. The third-order valence-corrected chi connectivity index (χ3v) is 13.6. The molecule has 4 nitrogen and oxygen atoms in total. The molecule has 3 aromatic carbocycles. The summed E-state index contributed by atoms with van der Waals surface area (Å²) in [5.74, 6) is 3.47. The number of hydrogen-bond acceptors (Lipinski definition) is 4. The standard InChI is InChI=1S/C54H87O4P/c1-7-13-19-22-34-46(31-16-10-4)43-49-37-25-28-40-52(49)56-59(55,57-53-41-29-26-38-50(53)44-47(32-17-11-5)35-23-20-14-8-2)58-54-42-30-27-39-51(54)45-48(33-18-12-6)36-24-21-15-9-3/h25-30,37-42,46-48H,7-24,31-36,43-45H2,1-6H3. The quantitative estimate of drug-likeness (QED) is 0.0432. The van der Waals surface area contributed by atoms with Gasteiger partial charge in [-0.3, -0.25) is 0 Å². The zero-order chi connectivity index (χ0) is 42.4. The lowest BCUT2D eigenvalue weighted by molar-refractivity contribution is 0.292. The van der Waals surface area contributed by atoms with E-state index in [9.17, 15) is 0 Å². The Hall–Kier alpha value is -2.71. The smallest absolute Gasteiger partial charge is 0.386 e. The fraction of sp³-hybridized carbons (Fsp3) is 0.667. The van der Waals surface area contributed by atoms with Crippen LogP contribution in [0.1, 0.15) is 212 Å². The number of phosphoric acid groups is 1. The third kappa shape index (κ3) is 20.6. The summed E-state index contributed by atoms with van der Waals surface area (Å²) < 4.78 is 35.8. The molecule has 3 atom stereocenters. The number of rotatable bonds is 36. The average Bonchev–Trinajstić information content (AvgIpc) is 3.24. The van der Waals surface area contributed by atoms with Gasteiger partial charge in [-0.2, -0.15) is 4.57 Å². The molecule has 0 spiro atoms. The highest BCUT2D eigenvalue weighted by atomic mass is 31.2. The minimum atomic E-state index is -4.25. The van der Waals surface area contributed by atoms with Gasteiger partial charge >= 0.3 is 7.82 Å². The van der Waals surface area contributed by atoms with E-state index in [-0.39, 0.29) is 0 Å². The first-order chi connectivity index (χ1) is 28.9. The molecule has 0 saturated carbocycles. The van der Waals surface area contributed by atoms with Crippen molar-refractivity contribution in [1.29, 1.82) is 0 Å². The van der Waals surface area contributed by atoms with Gasteiger partial charge in [-0.1, -0.05) is 250 Å². The first kappa shape index (κ1) is 50.6. The Labute approximate surface area is 364 Å². The van der Waals surface area contributed by atoms with Crippen LogP contribution in [0.3, 0.4) is 0 Å². The highest BCUT2D eigenvalue weighted by Crippen LogP contribution is 2.52. The monoisotopic (exact) mass is 831 g/mol. The molecular weight excluding hydrogens is 744 g/mol. The Morgan fingerprint density at radius 3 is 0.881 bits per heavy atom. The molecule has 0 aliphatic heterocycles. The molecule has 332 valence electrons. The van der Waals surface area contributed by atoms with Crippen molar-refractivity contribution in [1.82, 2.24) is 0 Å². The normalized spacial score (nSPS) is 14.1. The Kier molecular flexibility index (Phi) is 26.8. The lowest BCUT2D eigenvalue weighted by Crippen LogP contribution is -2.13. The summed E-state index contributed by atoms with van der Waals surface area (Å²) in [5.41, 5.74) is 3.24. The molecule has 3 rings (SSSR count). The SMILES string of the molecule is CCCCCCC(CCCC)Cc1ccccc1OP(=O)(Oc1ccccc1CC(CCCC)CCCCCC)Oc1ccccc1CC(CCCC)CCCCCC. The number of hydrogen-bond donors (Lipinski definition) is 0. The van der Waals surface area contributed by atoms with E-state index < -0.39 is 7.82 Å². The minimum Gasteiger partial charge on any atom is -0.386 e. The summed E-state index contributed by atoms with van der Waals surface area (Å²) in [5, 5.41) is 0. The van der Waals surface area contributed by atoms with Crippen LogP contribution in [0.15, 0.2) is 72.8 Å². The summed E-state index contributed by atoms with van der Waals surface area (Å²) >= 11 is 0. The van der Waals surface area contributed by atoms with Crippen molar-refractivity contribution in [3.63, 3.8) is 0 Å². The number of para-hydroxylation sites is 3. The predicted molar refractivity (Wildman–Crippen MR) is 255 cm³/mol. The van der Waals surface area contributed by atoms with Gasteiger partial charge in [0.15, 0.2) is 0 Å². The summed E-state index contributed by atoms with van der Waals surface area (Å²) in [6.45, 7) is 13.7. The van der Waals surface area contributed by atoms with E-state index in [1.807, 2.05) is 36.4 Å². The zero-order valence-electron chi connectivity index (χ0n) is 38.8. The second-order valence-electron chi connectivity index (χ2n) is 17.7. The first-order valence-corrected chi connectivity index (χ1v) is 26.3. The van der Waals surface area contributed by atoms with Gasteiger partial charge in [0.25, 0.3) is 0 Å². The van der Waals surface area contributed by atoms with Gasteiger partial charge in [0.05, 0.1) is 0 Å². The molecule has 0 fully saturated rings. The summed E-state index contributed by atoms with van der Waals surface area (Å²) in [6, 6.07) is 24.6. The molecule has 0 N–H and O–H groups in total. The van der Waals surface area contributed by atoms with E-state index >= 15 is 4.57 Å². The molecule has 5 heteroatoms. The average molecular weight is 831 g/mol.